The second-order valence-electron chi connectivity index (χ2n) is 15.8. The number of hydrogen-bond donors (Lipinski definition) is 1. The SMILES string of the molecule is CC/C=C\C/C=C\C/C=C\C/C=C\C/C=C\CCCC(=O)OC(CO)COC(=O)CCCCCCCCCCCCCCCCC/C=C\C/C=C\CCCCCCC. The van der Waals surface area contributed by atoms with Crippen molar-refractivity contribution in [1.29, 1.82) is 0 Å². The molecule has 0 aliphatic rings. The number of aliphatic hydroxyl groups is 1. The topological polar surface area (TPSA) is 72.8 Å². The van der Waals surface area contributed by atoms with Gasteiger partial charge >= 0.3 is 11.9 Å². The van der Waals surface area contributed by atoms with Gasteiger partial charge in [-0.15, -0.1) is 0 Å². The van der Waals surface area contributed by atoms with Crippen LogP contribution in [0.2, 0.25) is 0 Å². The van der Waals surface area contributed by atoms with Crippen LogP contribution < -0.4 is 0 Å². The summed E-state index contributed by atoms with van der Waals surface area (Å²) in [4.78, 5) is 24.4. The highest BCUT2D eigenvalue weighted by Gasteiger charge is 2.16. The summed E-state index contributed by atoms with van der Waals surface area (Å²) in [5.41, 5.74) is 0. The van der Waals surface area contributed by atoms with Crippen LogP contribution in [0.25, 0.3) is 0 Å². The van der Waals surface area contributed by atoms with Gasteiger partial charge in [0.1, 0.15) is 6.61 Å². The first-order valence-corrected chi connectivity index (χ1v) is 24.1. The lowest BCUT2D eigenvalue weighted by Gasteiger charge is -2.15. The van der Waals surface area contributed by atoms with Gasteiger partial charge in [0.25, 0.3) is 0 Å². The summed E-state index contributed by atoms with van der Waals surface area (Å²) in [5.74, 6) is -0.660. The minimum Gasteiger partial charge on any atom is -0.462 e. The number of carbonyl (C=O) groups excluding carboxylic acids is 2. The molecule has 0 aromatic rings. The molecule has 1 N–H and O–H groups in total. The molecule has 0 fully saturated rings. The van der Waals surface area contributed by atoms with E-state index in [0.29, 0.717) is 12.8 Å². The molecule has 1 atom stereocenters. The van der Waals surface area contributed by atoms with Gasteiger partial charge in [0.05, 0.1) is 6.61 Å². The van der Waals surface area contributed by atoms with Crippen molar-refractivity contribution in [1.82, 2.24) is 0 Å². The van der Waals surface area contributed by atoms with E-state index in [1.54, 1.807) is 0 Å². The van der Waals surface area contributed by atoms with Crippen LogP contribution in [0.1, 0.15) is 219 Å². The molecule has 0 aliphatic heterocycles. The van der Waals surface area contributed by atoms with Gasteiger partial charge in [0.15, 0.2) is 6.10 Å². The Kier molecular flexibility index (Phi) is 46.0. The van der Waals surface area contributed by atoms with Gasteiger partial charge in [-0.2, -0.15) is 0 Å². The molecule has 0 aliphatic carbocycles. The first-order chi connectivity index (χ1) is 28.6. The van der Waals surface area contributed by atoms with E-state index >= 15 is 0 Å². The molecule has 0 bridgehead atoms. The van der Waals surface area contributed by atoms with Crippen LogP contribution >= 0.6 is 0 Å². The van der Waals surface area contributed by atoms with E-state index in [9.17, 15) is 14.7 Å². The summed E-state index contributed by atoms with van der Waals surface area (Å²) in [7, 11) is 0. The maximum absolute atomic E-state index is 12.2. The van der Waals surface area contributed by atoms with Crippen molar-refractivity contribution in [2.45, 2.75) is 225 Å². The third-order valence-corrected chi connectivity index (χ3v) is 10.2. The summed E-state index contributed by atoms with van der Waals surface area (Å²) >= 11 is 0. The molecule has 0 aromatic heterocycles. The molecule has 5 heteroatoms. The number of carbonyl (C=O) groups is 2. The molecular formula is C53H90O5. The Morgan fingerprint density at radius 1 is 0.414 bits per heavy atom. The normalized spacial score (nSPS) is 12.9. The molecule has 5 nitrogen and oxygen atoms in total. The Morgan fingerprint density at radius 3 is 1.17 bits per heavy atom. The molecule has 0 radical (unpaired) electrons. The molecule has 0 heterocycles. The Bertz CT molecular complexity index is 1090. The number of esters is 2. The van der Waals surface area contributed by atoms with Gasteiger partial charge in [-0.05, 0) is 83.5 Å². The fraction of sp³-hybridized carbons (Fsp3) is 0.698. The highest BCUT2D eigenvalue weighted by atomic mass is 16.6. The van der Waals surface area contributed by atoms with Crippen LogP contribution in [0.15, 0.2) is 85.1 Å². The van der Waals surface area contributed by atoms with Crippen molar-refractivity contribution in [3.05, 3.63) is 85.1 Å². The van der Waals surface area contributed by atoms with Crippen molar-refractivity contribution < 1.29 is 24.2 Å². The summed E-state index contributed by atoms with van der Waals surface area (Å²) in [6.45, 7) is 3.97. The number of aliphatic hydroxyl groups excluding tert-OH is 1. The molecule has 58 heavy (non-hydrogen) atoms. The molecule has 0 rings (SSSR count). The Hall–Kier alpha value is -2.92. The van der Waals surface area contributed by atoms with Crippen LogP contribution in [-0.4, -0.2) is 36.4 Å². The van der Waals surface area contributed by atoms with Crippen LogP contribution in [0.5, 0.6) is 0 Å². The number of ether oxygens (including phenoxy) is 2. The molecule has 0 saturated heterocycles. The third-order valence-electron chi connectivity index (χ3n) is 10.2. The van der Waals surface area contributed by atoms with E-state index < -0.39 is 6.10 Å². The van der Waals surface area contributed by atoms with E-state index in [-0.39, 0.29) is 31.6 Å². The Balaban J connectivity index is 3.56. The number of rotatable bonds is 43. The third kappa shape index (κ3) is 45.8. The van der Waals surface area contributed by atoms with Crippen molar-refractivity contribution in [3.8, 4) is 0 Å². The second kappa shape index (κ2) is 48.4. The van der Waals surface area contributed by atoms with E-state index in [0.717, 1.165) is 64.2 Å². The fourth-order valence-corrected chi connectivity index (χ4v) is 6.56. The average molecular weight is 807 g/mol. The van der Waals surface area contributed by atoms with E-state index in [1.807, 2.05) is 0 Å². The highest BCUT2D eigenvalue weighted by Crippen LogP contribution is 2.15. The Labute approximate surface area is 358 Å². The second-order valence-corrected chi connectivity index (χ2v) is 15.8. The molecule has 332 valence electrons. The van der Waals surface area contributed by atoms with Gasteiger partial charge in [0, 0.05) is 12.8 Å². The molecule has 0 amide bonds. The highest BCUT2D eigenvalue weighted by molar-refractivity contribution is 5.70. The first kappa shape index (κ1) is 55.1. The van der Waals surface area contributed by atoms with E-state index in [1.165, 1.54) is 122 Å². The monoisotopic (exact) mass is 807 g/mol. The van der Waals surface area contributed by atoms with Gasteiger partial charge in [0.2, 0.25) is 0 Å². The van der Waals surface area contributed by atoms with Crippen molar-refractivity contribution in [2.75, 3.05) is 13.2 Å². The average Bonchev–Trinajstić information content (AvgIpc) is 3.23. The van der Waals surface area contributed by atoms with Gasteiger partial charge in [-0.1, -0.05) is 208 Å². The molecule has 0 saturated carbocycles. The van der Waals surface area contributed by atoms with Gasteiger partial charge in [-0.3, -0.25) is 9.59 Å². The molecule has 0 spiro atoms. The van der Waals surface area contributed by atoms with Crippen LogP contribution in [-0.2, 0) is 19.1 Å². The zero-order valence-electron chi connectivity index (χ0n) is 37.8. The largest absolute Gasteiger partial charge is 0.462 e. The van der Waals surface area contributed by atoms with E-state index in [2.05, 4.69) is 98.9 Å². The summed E-state index contributed by atoms with van der Waals surface area (Å²) in [6, 6.07) is 0. The minimum atomic E-state index is -0.805. The summed E-state index contributed by atoms with van der Waals surface area (Å²) in [5, 5.41) is 9.59. The fourth-order valence-electron chi connectivity index (χ4n) is 6.56. The lowest BCUT2D eigenvalue weighted by atomic mass is 10.0. The zero-order chi connectivity index (χ0) is 42.1. The maximum Gasteiger partial charge on any atom is 0.306 e. The lowest BCUT2D eigenvalue weighted by Crippen LogP contribution is -2.28. The minimum absolute atomic E-state index is 0.0918. The molecular weight excluding hydrogens is 717 g/mol. The smallest absolute Gasteiger partial charge is 0.306 e. The standard InChI is InChI=1S/C53H90O5/c1-3-5-7-9-11-13-15-17-19-21-22-23-24-25-26-27-28-29-30-32-33-35-37-39-41-43-45-47-52(55)57-50-51(49-54)58-53(56)48-46-44-42-40-38-36-34-31-20-18-16-14-12-10-8-6-4-2/h6,8,12,14-15,17-18,20-22,34,36,40,42,51,54H,3-5,7,9-11,13,16,19,23-33,35,37-39,41,43-50H2,1-2H3/b8-6-,14-12-,17-15-,20-18-,22-21-,36-34-,42-40-. The van der Waals surface area contributed by atoms with E-state index in [4.69, 9.17) is 9.47 Å². The van der Waals surface area contributed by atoms with Crippen LogP contribution in [0, 0.1) is 0 Å². The van der Waals surface area contributed by atoms with Crippen molar-refractivity contribution >= 4 is 11.9 Å². The van der Waals surface area contributed by atoms with Crippen LogP contribution in [0.4, 0.5) is 0 Å². The summed E-state index contributed by atoms with van der Waals surface area (Å²) in [6.07, 6.45) is 66.8. The molecule has 1 unspecified atom stereocenters. The van der Waals surface area contributed by atoms with Gasteiger partial charge in [-0.25, -0.2) is 0 Å². The summed E-state index contributed by atoms with van der Waals surface area (Å²) < 4.78 is 10.6. The first-order valence-electron chi connectivity index (χ1n) is 24.1. The number of unbranched alkanes of at least 4 members (excludes halogenated alkanes) is 21. The number of hydrogen-bond acceptors (Lipinski definition) is 5. The predicted octanol–water partition coefficient (Wildman–Crippen LogP) is 15.9. The zero-order valence-corrected chi connectivity index (χ0v) is 37.8. The van der Waals surface area contributed by atoms with Gasteiger partial charge < -0.3 is 14.6 Å². The predicted molar refractivity (Wildman–Crippen MR) is 251 cm³/mol. The Morgan fingerprint density at radius 2 is 0.759 bits per heavy atom. The van der Waals surface area contributed by atoms with Crippen molar-refractivity contribution in [3.63, 3.8) is 0 Å². The van der Waals surface area contributed by atoms with Crippen LogP contribution in [0.3, 0.4) is 0 Å². The molecule has 0 aromatic carbocycles. The quantitative estimate of drug-likeness (QED) is 0.0377. The lowest BCUT2D eigenvalue weighted by molar-refractivity contribution is -0.161. The van der Waals surface area contributed by atoms with Crippen molar-refractivity contribution in [2.24, 2.45) is 0 Å². The number of allylic oxidation sites excluding steroid dienone is 14. The maximum atomic E-state index is 12.2.